The van der Waals surface area contributed by atoms with Crippen molar-refractivity contribution < 1.29 is 27.8 Å². The second-order valence-electron chi connectivity index (χ2n) is 9.83. The minimum Gasteiger partial charge on any atom is -0.475 e. The Labute approximate surface area is 222 Å². The monoisotopic (exact) mass is 537 g/mol. The molecule has 3 aromatic rings. The molecule has 0 unspecified atom stereocenters. The lowest BCUT2D eigenvalue weighted by atomic mass is 9.85. The second kappa shape index (κ2) is 9.94. The van der Waals surface area contributed by atoms with Gasteiger partial charge in [0.05, 0.1) is 36.1 Å². The van der Waals surface area contributed by atoms with E-state index in [4.69, 9.17) is 20.2 Å². The van der Waals surface area contributed by atoms with Gasteiger partial charge in [0.2, 0.25) is 5.88 Å². The van der Waals surface area contributed by atoms with Crippen LogP contribution in [0.25, 0.3) is 11.1 Å². The molecule has 2 atom stereocenters. The molecular formula is C28H26F3N5O3. The first-order chi connectivity index (χ1) is 18.6. The van der Waals surface area contributed by atoms with Gasteiger partial charge in [0, 0.05) is 29.8 Å². The van der Waals surface area contributed by atoms with Gasteiger partial charge in [0.1, 0.15) is 18.1 Å². The molecule has 1 aliphatic heterocycles. The van der Waals surface area contributed by atoms with E-state index in [-0.39, 0.29) is 24.6 Å². The topological polar surface area (TPSA) is 127 Å². The van der Waals surface area contributed by atoms with E-state index in [9.17, 15) is 23.5 Å². The largest absolute Gasteiger partial charge is 0.475 e. The van der Waals surface area contributed by atoms with Gasteiger partial charge in [-0.05, 0) is 66.8 Å². The number of aliphatic hydroxyl groups is 1. The zero-order valence-corrected chi connectivity index (χ0v) is 21.1. The Kier molecular flexibility index (Phi) is 6.78. The highest BCUT2D eigenvalue weighted by Gasteiger charge is 2.71. The van der Waals surface area contributed by atoms with Crippen molar-refractivity contribution in [1.29, 1.82) is 5.26 Å². The van der Waals surface area contributed by atoms with Crippen LogP contribution in [0.5, 0.6) is 5.88 Å². The van der Waals surface area contributed by atoms with Crippen molar-refractivity contribution in [3.8, 4) is 23.1 Å². The molecule has 3 heterocycles. The highest BCUT2D eigenvalue weighted by atomic mass is 19.4. The van der Waals surface area contributed by atoms with Crippen molar-refractivity contribution in [3.63, 3.8) is 0 Å². The maximum Gasteiger partial charge on any atom is 0.433 e. The van der Waals surface area contributed by atoms with Crippen LogP contribution >= 0.6 is 0 Å². The van der Waals surface area contributed by atoms with Crippen molar-refractivity contribution in [2.45, 2.75) is 31.4 Å². The Hall–Kier alpha value is -4.01. The summed E-state index contributed by atoms with van der Waals surface area (Å²) >= 11 is 0. The smallest absolute Gasteiger partial charge is 0.433 e. The number of aliphatic hydroxyl groups excluding tert-OH is 1. The molecule has 1 aliphatic carbocycles. The van der Waals surface area contributed by atoms with E-state index in [0.717, 1.165) is 34.6 Å². The summed E-state index contributed by atoms with van der Waals surface area (Å²) in [6.45, 7) is 2.66. The highest BCUT2D eigenvalue weighted by Crippen LogP contribution is 2.68. The molecule has 1 aromatic carbocycles. The molecule has 3 N–H and O–H groups in total. The first-order valence-electron chi connectivity index (χ1n) is 12.3. The number of nitrogens with zero attached hydrogens (tertiary/aromatic N) is 4. The van der Waals surface area contributed by atoms with E-state index in [0.29, 0.717) is 37.6 Å². The summed E-state index contributed by atoms with van der Waals surface area (Å²) in [5, 5.41) is 19.2. The number of aryl methyl sites for hydroxylation is 1. The van der Waals surface area contributed by atoms with Crippen molar-refractivity contribution in [1.82, 2.24) is 9.97 Å². The number of hydrogen-bond acceptors (Lipinski definition) is 7. The number of pyridine rings is 2. The van der Waals surface area contributed by atoms with E-state index < -0.39 is 22.7 Å². The fourth-order valence-electron chi connectivity index (χ4n) is 5.19. The highest BCUT2D eigenvalue weighted by molar-refractivity contribution is 5.99. The van der Waals surface area contributed by atoms with Crippen LogP contribution in [0.4, 0.5) is 18.9 Å². The summed E-state index contributed by atoms with van der Waals surface area (Å²) in [5.74, 6) is 0.235. The SMILES string of the molecule is Cc1ccc(N=C(N)c2ccnc(C(F)(F)F)c2)cc1-c1cc(OCCO)nc([C@@]23CCOC[C@]2(C#N)C3)c1. The number of aliphatic imine (C=N–C) groups is 1. The van der Waals surface area contributed by atoms with Gasteiger partial charge >= 0.3 is 6.18 Å². The Morgan fingerprint density at radius 3 is 2.82 bits per heavy atom. The number of rotatable bonds is 7. The minimum atomic E-state index is -4.60. The summed E-state index contributed by atoms with van der Waals surface area (Å²) in [6, 6.07) is 13.7. The summed E-state index contributed by atoms with van der Waals surface area (Å²) in [6.07, 6.45) is -2.26. The third-order valence-corrected chi connectivity index (χ3v) is 7.39. The van der Waals surface area contributed by atoms with Crippen LogP contribution < -0.4 is 10.5 Å². The zero-order chi connectivity index (χ0) is 27.8. The number of halogens is 3. The van der Waals surface area contributed by atoms with Gasteiger partial charge in [-0.15, -0.1) is 0 Å². The number of nitriles is 1. The van der Waals surface area contributed by atoms with E-state index >= 15 is 0 Å². The van der Waals surface area contributed by atoms with Crippen LogP contribution in [0.3, 0.4) is 0 Å². The van der Waals surface area contributed by atoms with Gasteiger partial charge in [-0.1, -0.05) is 6.07 Å². The lowest BCUT2D eigenvalue weighted by molar-refractivity contribution is -0.141. The van der Waals surface area contributed by atoms with E-state index in [1.807, 2.05) is 19.1 Å². The fourth-order valence-corrected chi connectivity index (χ4v) is 5.19. The average Bonchev–Trinajstić information content (AvgIpc) is 3.64. The van der Waals surface area contributed by atoms with Gasteiger partial charge in [0.15, 0.2) is 0 Å². The van der Waals surface area contributed by atoms with E-state index in [1.165, 1.54) is 6.07 Å². The standard InChI is InChI=1S/C28H26F3N5O3/c1-17-2-3-20(35-25(33)18-4-6-34-23(10-18)28(29,30)31)13-21(17)19-11-22(36-24(12-19)39-9-7-37)27-5-8-38-16-26(27,14-27)15-32/h2-4,6,10-13,37H,5,7-9,14,16H2,1H3,(H2,33,35)/t26-,27+/m1/s1. The molecule has 8 nitrogen and oxygen atoms in total. The third kappa shape index (κ3) is 4.93. The number of ether oxygens (including phenoxy) is 2. The van der Waals surface area contributed by atoms with Gasteiger partial charge in [-0.3, -0.25) is 4.98 Å². The predicted molar refractivity (Wildman–Crippen MR) is 136 cm³/mol. The summed E-state index contributed by atoms with van der Waals surface area (Å²) in [5.41, 5.74) is 7.68. The fraction of sp³-hybridized carbons (Fsp3) is 0.357. The predicted octanol–water partition coefficient (Wildman–Crippen LogP) is 4.45. The van der Waals surface area contributed by atoms with Gasteiger partial charge in [-0.2, -0.15) is 18.4 Å². The first-order valence-corrected chi connectivity index (χ1v) is 12.3. The molecule has 5 rings (SSSR count). The normalized spacial score (nSPS) is 22.6. The molecule has 0 amide bonds. The molecule has 202 valence electrons. The Balaban J connectivity index is 1.55. The van der Waals surface area contributed by atoms with Crippen molar-refractivity contribution in [2.75, 3.05) is 26.4 Å². The molecule has 0 radical (unpaired) electrons. The van der Waals surface area contributed by atoms with Crippen molar-refractivity contribution in [3.05, 3.63) is 71.2 Å². The van der Waals surface area contributed by atoms with Crippen molar-refractivity contribution >= 4 is 11.5 Å². The molecule has 0 spiro atoms. The van der Waals surface area contributed by atoms with Gasteiger partial charge in [0.25, 0.3) is 0 Å². The molecule has 2 aromatic heterocycles. The first kappa shape index (κ1) is 26.6. The molecule has 2 aliphatic rings. The molecule has 1 saturated heterocycles. The molecule has 39 heavy (non-hydrogen) atoms. The number of benzene rings is 1. The lowest BCUT2D eigenvalue weighted by Crippen LogP contribution is -2.30. The quantitative estimate of drug-likeness (QED) is 0.337. The zero-order valence-electron chi connectivity index (χ0n) is 21.1. The summed E-state index contributed by atoms with van der Waals surface area (Å²) in [7, 11) is 0. The summed E-state index contributed by atoms with van der Waals surface area (Å²) in [4.78, 5) is 12.4. The van der Waals surface area contributed by atoms with Crippen LogP contribution in [0, 0.1) is 23.7 Å². The number of amidine groups is 1. The molecule has 11 heteroatoms. The van der Waals surface area contributed by atoms with Gasteiger partial charge < -0.3 is 20.3 Å². The van der Waals surface area contributed by atoms with Gasteiger partial charge in [-0.25, -0.2) is 9.98 Å². The Morgan fingerprint density at radius 2 is 2.08 bits per heavy atom. The Bertz CT molecular complexity index is 1490. The van der Waals surface area contributed by atoms with E-state index in [2.05, 4.69) is 16.0 Å². The number of hydrogen-bond donors (Lipinski definition) is 2. The number of aromatic nitrogens is 2. The van der Waals surface area contributed by atoms with Crippen LogP contribution in [-0.4, -0.2) is 47.3 Å². The maximum absolute atomic E-state index is 13.1. The third-order valence-electron chi connectivity index (χ3n) is 7.39. The molecule has 1 saturated carbocycles. The second-order valence-corrected chi connectivity index (χ2v) is 9.83. The van der Waals surface area contributed by atoms with Crippen LogP contribution in [0.1, 0.15) is 35.4 Å². The minimum absolute atomic E-state index is 0.0566. The van der Waals surface area contributed by atoms with E-state index in [1.54, 1.807) is 18.2 Å². The molecule has 0 bridgehead atoms. The number of nitrogens with two attached hydrogens (primary N) is 1. The summed E-state index contributed by atoms with van der Waals surface area (Å²) < 4.78 is 50.6. The van der Waals surface area contributed by atoms with Crippen molar-refractivity contribution in [2.24, 2.45) is 16.1 Å². The maximum atomic E-state index is 13.1. The lowest BCUT2D eigenvalue weighted by Gasteiger charge is -2.26. The number of alkyl halides is 3. The molecular weight excluding hydrogens is 511 g/mol. The average molecular weight is 538 g/mol. The molecule has 2 fully saturated rings. The van der Waals surface area contributed by atoms with Crippen LogP contribution in [-0.2, 0) is 16.3 Å². The van der Waals surface area contributed by atoms with Crippen LogP contribution in [0.15, 0.2) is 53.7 Å². The van der Waals surface area contributed by atoms with Crippen LogP contribution in [0.2, 0.25) is 0 Å². The Morgan fingerprint density at radius 1 is 1.26 bits per heavy atom. The number of fused-ring (bicyclic) bond motifs is 1.